The van der Waals surface area contributed by atoms with Crippen molar-refractivity contribution in [2.24, 2.45) is 0 Å². The van der Waals surface area contributed by atoms with Gasteiger partial charge in [0, 0.05) is 36.7 Å². The molecule has 1 amide bonds. The minimum absolute atomic E-state index is 0.0314. The van der Waals surface area contributed by atoms with Crippen molar-refractivity contribution in [3.8, 4) is 0 Å². The summed E-state index contributed by atoms with van der Waals surface area (Å²) in [5, 5.41) is 5.74. The van der Waals surface area contributed by atoms with Crippen molar-refractivity contribution in [1.29, 1.82) is 0 Å². The van der Waals surface area contributed by atoms with E-state index in [0.717, 1.165) is 47.4 Å². The van der Waals surface area contributed by atoms with Crippen LogP contribution >= 0.6 is 8.58 Å². The Morgan fingerprint density at radius 1 is 1.26 bits per heavy atom. The van der Waals surface area contributed by atoms with Gasteiger partial charge in [0.25, 0.3) is 5.91 Å². The third kappa shape index (κ3) is 3.79. The van der Waals surface area contributed by atoms with Gasteiger partial charge in [0.2, 0.25) is 0 Å². The van der Waals surface area contributed by atoms with Crippen LogP contribution in [0.25, 0.3) is 10.8 Å². The maximum absolute atomic E-state index is 13.0. The predicted molar refractivity (Wildman–Crippen MR) is 126 cm³/mol. The second-order valence-electron chi connectivity index (χ2n) is 8.73. The number of carbonyl (C=O) groups is 1. The van der Waals surface area contributed by atoms with Gasteiger partial charge in [-0.25, -0.2) is 4.52 Å². The Hall–Kier alpha value is -2.56. The lowest BCUT2D eigenvalue weighted by Gasteiger charge is -2.35. The first-order valence-electron chi connectivity index (χ1n) is 10.9. The lowest BCUT2D eigenvalue weighted by Crippen LogP contribution is -2.37. The van der Waals surface area contributed by atoms with Crippen LogP contribution in [0.3, 0.4) is 0 Å². The molecule has 5 rings (SSSR count). The molecular weight excluding hydrogens is 405 g/mol. The van der Waals surface area contributed by atoms with E-state index in [1.165, 1.54) is 11.1 Å². The summed E-state index contributed by atoms with van der Waals surface area (Å²) in [5.74, 6) is 0.0993. The fourth-order valence-electron chi connectivity index (χ4n) is 4.45. The Morgan fingerprint density at radius 2 is 2.10 bits per heavy atom. The molecule has 2 atom stereocenters. The highest BCUT2D eigenvalue weighted by molar-refractivity contribution is 7.51. The van der Waals surface area contributed by atoms with Crippen molar-refractivity contribution < 1.29 is 4.79 Å². The molecule has 3 aliphatic rings. The number of amides is 1. The van der Waals surface area contributed by atoms with Gasteiger partial charge in [0.1, 0.15) is 0 Å². The number of allylic oxidation sites excluding steroid dienone is 2. The Balaban J connectivity index is 1.40. The van der Waals surface area contributed by atoms with Crippen LogP contribution < -0.4 is 0 Å². The molecule has 0 aliphatic carbocycles. The molecule has 2 unspecified atom stereocenters. The van der Waals surface area contributed by atoms with Gasteiger partial charge in [-0.15, -0.1) is 0 Å². The molecule has 0 radical (unpaired) electrons. The molecule has 160 valence electrons. The van der Waals surface area contributed by atoms with Gasteiger partial charge < -0.3 is 4.90 Å². The van der Waals surface area contributed by atoms with Gasteiger partial charge in [-0.3, -0.25) is 14.7 Å². The van der Waals surface area contributed by atoms with Crippen molar-refractivity contribution in [2.75, 3.05) is 13.1 Å². The van der Waals surface area contributed by atoms with E-state index in [9.17, 15) is 4.79 Å². The number of aromatic nitrogens is 3. The largest absolute Gasteiger partial charge is 0.304 e. The molecule has 0 aromatic carbocycles. The van der Waals surface area contributed by atoms with Crippen molar-refractivity contribution in [2.45, 2.75) is 45.9 Å². The summed E-state index contributed by atoms with van der Waals surface area (Å²) in [7, 11) is 0.467. The number of aryl methyl sites for hydroxylation is 2. The zero-order valence-electron chi connectivity index (χ0n) is 18.5. The van der Waals surface area contributed by atoms with Crippen molar-refractivity contribution in [3.05, 3.63) is 71.0 Å². The van der Waals surface area contributed by atoms with Gasteiger partial charge in [0.05, 0.1) is 34.6 Å². The molecule has 0 saturated carbocycles. The van der Waals surface area contributed by atoms with E-state index in [1.54, 1.807) is 6.08 Å². The maximum atomic E-state index is 13.0. The highest BCUT2D eigenvalue weighted by atomic mass is 31.1. The van der Waals surface area contributed by atoms with Crippen LogP contribution in [0.15, 0.2) is 53.9 Å². The quantitative estimate of drug-likeness (QED) is 0.686. The first-order chi connectivity index (χ1) is 14.9. The predicted octanol–water partition coefficient (Wildman–Crippen LogP) is 4.03. The van der Waals surface area contributed by atoms with Crippen molar-refractivity contribution in [3.63, 3.8) is 0 Å². The second kappa shape index (κ2) is 7.85. The Morgan fingerprint density at radius 3 is 2.84 bits per heavy atom. The maximum Gasteiger partial charge on any atom is 0.252 e. The summed E-state index contributed by atoms with van der Waals surface area (Å²) in [4.78, 5) is 21.9. The summed E-state index contributed by atoms with van der Waals surface area (Å²) < 4.78 is 1.87. The summed E-state index contributed by atoms with van der Waals surface area (Å²) in [6, 6.07) is 2.61. The van der Waals surface area contributed by atoms with E-state index in [-0.39, 0.29) is 11.7 Å². The molecule has 2 aromatic rings. The first kappa shape index (κ1) is 20.3. The topological polar surface area (TPSA) is 53.7 Å². The number of rotatable bonds is 3. The summed E-state index contributed by atoms with van der Waals surface area (Å²) in [6.07, 6.45) is 13.5. The Bertz CT molecular complexity index is 1190. The second-order valence-corrected chi connectivity index (χ2v) is 10.2. The number of nitrogens with zero attached hydrogens (tertiary/aromatic N) is 5. The van der Waals surface area contributed by atoms with Crippen molar-refractivity contribution >= 4 is 25.3 Å². The van der Waals surface area contributed by atoms with Crippen LogP contribution in [0.2, 0.25) is 0 Å². The van der Waals surface area contributed by atoms with Crippen LogP contribution in [0.4, 0.5) is 0 Å². The first-order valence-corrected chi connectivity index (χ1v) is 11.9. The molecule has 3 aliphatic heterocycles. The van der Waals surface area contributed by atoms with Crippen LogP contribution in [0, 0.1) is 13.8 Å². The minimum atomic E-state index is 0.0314. The number of hydrogen-bond acceptors (Lipinski definition) is 4. The zero-order valence-corrected chi connectivity index (χ0v) is 19.5. The van der Waals surface area contributed by atoms with Crippen LogP contribution in [-0.4, -0.2) is 55.2 Å². The Kier molecular flexibility index (Phi) is 5.15. The standard InChI is InChI=1S/C24H28N5OP/c1-15(2)27-9-7-18(8-10-27)19-5-6-24-28(14-19)23(30)12-22(31-24)20-11-21-17(4)25-16(3)13-29(21)26-20/h5-7,11-15,24,31H,8-10H2,1-4H3. The molecule has 5 heterocycles. The highest BCUT2D eigenvalue weighted by Crippen LogP contribution is 2.45. The summed E-state index contributed by atoms with van der Waals surface area (Å²) >= 11 is 0. The fourth-order valence-corrected chi connectivity index (χ4v) is 5.78. The molecule has 0 bridgehead atoms. The van der Waals surface area contributed by atoms with Crippen LogP contribution in [0.5, 0.6) is 0 Å². The lowest BCUT2D eigenvalue weighted by molar-refractivity contribution is -0.123. The number of hydrogen-bond donors (Lipinski definition) is 0. The monoisotopic (exact) mass is 433 g/mol. The SMILES string of the molecule is Cc1cn2nc(C3=CC(=O)N4C=C(C5=CCN(C(C)C)CC5)C=CC4P3)cc2c(C)n1. The third-order valence-electron chi connectivity index (χ3n) is 6.24. The molecule has 0 saturated heterocycles. The van der Waals surface area contributed by atoms with E-state index < -0.39 is 0 Å². The highest BCUT2D eigenvalue weighted by Gasteiger charge is 2.30. The Labute approximate surface area is 184 Å². The molecular formula is C24H28N5OP. The average Bonchev–Trinajstić information content (AvgIpc) is 3.18. The minimum Gasteiger partial charge on any atom is -0.304 e. The van der Waals surface area contributed by atoms with E-state index in [4.69, 9.17) is 5.10 Å². The number of carbonyl (C=O) groups excluding carboxylic acids is 1. The van der Waals surface area contributed by atoms with E-state index >= 15 is 0 Å². The fraction of sp³-hybridized carbons (Fsp3) is 0.375. The van der Waals surface area contributed by atoms with E-state index in [0.29, 0.717) is 14.6 Å². The molecule has 0 spiro atoms. The van der Waals surface area contributed by atoms with Gasteiger partial charge >= 0.3 is 0 Å². The van der Waals surface area contributed by atoms with Gasteiger partial charge in [-0.1, -0.05) is 26.8 Å². The molecule has 0 N–H and O–H groups in total. The number of fused-ring (bicyclic) bond motifs is 2. The van der Waals surface area contributed by atoms with Crippen LogP contribution in [-0.2, 0) is 4.79 Å². The van der Waals surface area contributed by atoms with Crippen molar-refractivity contribution in [1.82, 2.24) is 24.4 Å². The molecule has 2 aromatic heterocycles. The van der Waals surface area contributed by atoms with Gasteiger partial charge in [0.15, 0.2) is 0 Å². The molecule has 31 heavy (non-hydrogen) atoms. The molecule has 7 heteroatoms. The normalized spacial score (nSPS) is 22.7. The van der Waals surface area contributed by atoms with Gasteiger partial charge in [-0.05, 0) is 51.3 Å². The van der Waals surface area contributed by atoms with Crippen LogP contribution in [0.1, 0.15) is 37.4 Å². The summed E-state index contributed by atoms with van der Waals surface area (Å²) in [6.45, 7) is 10.5. The third-order valence-corrected chi connectivity index (χ3v) is 7.72. The zero-order chi connectivity index (χ0) is 21.7. The van der Waals surface area contributed by atoms with Gasteiger partial charge in [-0.2, -0.15) is 5.10 Å². The van der Waals surface area contributed by atoms with E-state index in [2.05, 4.69) is 42.0 Å². The average molecular weight is 433 g/mol. The van der Waals surface area contributed by atoms with E-state index in [1.807, 2.05) is 41.7 Å². The summed E-state index contributed by atoms with van der Waals surface area (Å²) in [5.41, 5.74) is 6.25. The smallest absolute Gasteiger partial charge is 0.252 e. The molecule has 6 nitrogen and oxygen atoms in total. The lowest BCUT2D eigenvalue weighted by atomic mass is 9.97. The molecule has 0 fully saturated rings.